The van der Waals surface area contributed by atoms with Gasteiger partial charge in [-0.25, -0.2) is 8.78 Å². The average Bonchev–Trinajstić information content (AvgIpc) is 3.09. The van der Waals surface area contributed by atoms with Gasteiger partial charge in [-0.3, -0.25) is 14.5 Å². The van der Waals surface area contributed by atoms with Crippen LogP contribution in [0.1, 0.15) is 0 Å². The van der Waals surface area contributed by atoms with Crippen molar-refractivity contribution < 1.29 is 18.3 Å². The maximum atomic E-state index is 13.5. The van der Waals surface area contributed by atoms with Crippen LogP contribution in [-0.2, 0) is 11.8 Å². The molecule has 2 heterocycles. The molecular weight excluding hydrogens is 497 g/mol. The highest BCUT2D eigenvalue weighted by molar-refractivity contribution is 14.0. The summed E-state index contributed by atoms with van der Waals surface area (Å²) in [6, 6.07) is 3.16. The molecule has 1 fully saturated rings. The van der Waals surface area contributed by atoms with Gasteiger partial charge in [0.25, 0.3) is 0 Å². The fourth-order valence-corrected chi connectivity index (χ4v) is 2.92. The lowest BCUT2D eigenvalue weighted by atomic mass is 10.3. The number of nitrogens with zero attached hydrogens (tertiary/aromatic N) is 5. The van der Waals surface area contributed by atoms with Crippen molar-refractivity contribution in [1.82, 2.24) is 20.0 Å². The number of rotatable bonds is 5. The van der Waals surface area contributed by atoms with Gasteiger partial charge in [-0.1, -0.05) is 0 Å². The van der Waals surface area contributed by atoms with Crippen LogP contribution in [-0.4, -0.2) is 66.4 Å². The molecule has 1 N–H and O–H groups in total. The van der Waals surface area contributed by atoms with Gasteiger partial charge in [0.1, 0.15) is 19.0 Å². The largest absolute Gasteiger partial charge is 0.489 e. The zero-order valence-corrected chi connectivity index (χ0v) is 18.5. The van der Waals surface area contributed by atoms with Crippen molar-refractivity contribution in [2.45, 2.75) is 0 Å². The summed E-state index contributed by atoms with van der Waals surface area (Å²) in [4.78, 5) is 20.2. The normalized spacial score (nSPS) is 14.6. The smallest absolute Gasteiger partial charge is 0.246 e. The fourth-order valence-electron chi connectivity index (χ4n) is 2.92. The molecule has 1 saturated heterocycles. The lowest BCUT2D eigenvalue weighted by Crippen LogP contribution is -2.55. The van der Waals surface area contributed by atoms with E-state index in [2.05, 4.69) is 15.4 Å². The van der Waals surface area contributed by atoms with E-state index in [9.17, 15) is 13.6 Å². The summed E-state index contributed by atoms with van der Waals surface area (Å²) in [5.41, 5.74) is 0.768. The Balaban J connectivity index is 0.00000300. The molecule has 0 saturated carbocycles. The number of aryl methyl sites for hydroxylation is 1. The zero-order valence-electron chi connectivity index (χ0n) is 16.1. The number of benzene rings is 1. The van der Waals surface area contributed by atoms with Gasteiger partial charge in [0.15, 0.2) is 17.5 Å². The fraction of sp³-hybridized carbons (Fsp3) is 0.389. The van der Waals surface area contributed by atoms with Crippen LogP contribution in [0.25, 0.3) is 0 Å². The summed E-state index contributed by atoms with van der Waals surface area (Å²) in [7, 11) is 3.43. The number of piperazine rings is 1. The van der Waals surface area contributed by atoms with Crippen LogP contribution in [0.4, 0.5) is 14.5 Å². The number of anilines is 1. The van der Waals surface area contributed by atoms with Gasteiger partial charge in [0, 0.05) is 39.4 Å². The Labute approximate surface area is 184 Å². The molecule has 3 rings (SSSR count). The molecule has 1 aromatic carbocycles. The molecule has 8 nitrogen and oxygen atoms in total. The minimum absolute atomic E-state index is 0. The number of nitrogens with one attached hydrogen (secondary N) is 1. The Bertz CT molecular complexity index is 876. The number of carbonyl (C=O) groups is 1. The Morgan fingerprint density at radius 1 is 1.34 bits per heavy atom. The number of halogens is 3. The molecule has 1 amide bonds. The van der Waals surface area contributed by atoms with E-state index in [-0.39, 0.29) is 48.8 Å². The Morgan fingerprint density at radius 2 is 2.14 bits per heavy atom. The number of hydrogen-bond acceptors (Lipinski definition) is 4. The third-order valence-electron chi connectivity index (χ3n) is 4.27. The van der Waals surface area contributed by atoms with Gasteiger partial charge in [-0.2, -0.15) is 5.10 Å². The summed E-state index contributed by atoms with van der Waals surface area (Å²) in [6.07, 6.45) is 3.46. The molecule has 1 aliphatic heterocycles. The topological polar surface area (TPSA) is 75.0 Å². The summed E-state index contributed by atoms with van der Waals surface area (Å²) < 4.78 is 33.4. The van der Waals surface area contributed by atoms with E-state index in [1.165, 1.54) is 6.07 Å². The first-order valence-corrected chi connectivity index (χ1v) is 8.80. The predicted octanol–water partition coefficient (Wildman–Crippen LogP) is 1.62. The molecule has 0 aliphatic carbocycles. The second kappa shape index (κ2) is 10.4. The number of carbonyl (C=O) groups excluding carboxylic acids is 1. The van der Waals surface area contributed by atoms with E-state index in [1.54, 1.807) is 36.1 Å². The molecular formula is C18H23F2IN6O2. The standard InChI is InChI=1S/C18H22F2N6O2.HI/c1-21-18(22-5-8-28-16-4-3-13(19)9-15(16)20)25-6-7-26(17(27)12-25)14-10-23-24(2)11-14;/h3-4,9-11H,5-8,12H2,1-2H3,(H,21,22);1H. The van der Waals surface area contributed by atoms with Gasteiger partial charge in [-0.05, 0) is 12.1 Å². The molecule has 0 spiro atoms. The first-order valence-electron chi connectivity index (χ1n) is 8.80. The van der Waals surface area contributed by atoms with E-state index in [0.29, 0.717) is 25.6 Å². The second-order valence-corrected chi connectivity index (χ2v) is 6.24. The van der Waals surface area contributed by atoms with Crippen molar-refractivity contribution in [3.63, 3.8) is 0 Å². The van der Waals surface area contributed by atoms with Gasteiger partial charge >= 0.3 is 0 Å². The average molecular weight is 520 g/mol. The third kappa shape index (κ3) is 5.78. The number of aromatic nitrogens is 2. The molecule has 0 unspecified atom stereocenters. The monoisotopic (exact) mass is 520 g/mol. The minimum atomic E-state index is -0.749. The van der Waals surface area contributed by atoms with E-state index >= 15 is 0 Å². The molecule has 2 aromatic rings. The second-order valence-electron chi connectivity index (χ2n) is 6.24. The molecule has 0 radical (unpaired) electrons. The van der Waals surface area contributed by atoms with E-state index < -0.39 is 11.6 Å². The highest BCUT2D eigenvalue weighted by Crippen LogP contribution is 2.17. The highest BCUT2D eigenvalue weighted by atomic mass is 127. The van der Waals surface area contributed by atoms with Crippen molar-refractivity contribution in [2.75, 3.05) is 44.7 Å². The van der Waals surface area contributed by atoms with Crippen molar-refractivity contribution in [1.29, 1.82) is 0 Å². The maximum Gasteiger partial charge on any atom is 0.246 e. The first-order chi connectivity index (χ1) is 13.5. The van der Waals surface area contributed by atoms with Crippen molar-refractivity contribution in [3.05, 3.63) is 42.2 Å². The van der Waals surface area contributed by atoms with Crippen LogP contribution in [0.3, 0.4) is 0 Å². The summed E-state index contributed by atoms with van der Waals surface area (Å²) >= 11 is 0. The summed E-state index contributed by atoms with van der Waals surface area (Å²) in [5.74, 6) is -0.910. The predicted molar refractivity (Wildman–Crippen MR) is 116 cm³/mol. The number of ether oxygens (including phenoxy) is 1. The Kier molecular flexibility index (Phi) is 8.17. The SMILES string of the molecule is CN=C(NCCOc1ccc(F)cc1F)N1CCN(c2cnn(C)c2)C(=O)C1.I. The van der Waals surface area contributed by atoms with Crippen molar-refractivity contribution in [2.24, 2.45) is 12.0 Å². The molecule has 11 heteroatoms. The van der Waals surface area contributed by atoms with Crippen molar-refractivity contribution in [3.8, 4) is 5.75 Å². The summed E-state index contributed by atoms with van der Waals surface area (Å²) in [5, 5.41) is 7.18. The number of amides is 1. The van der Waals surface area contributed by atoms with Gasteiger partial charge in [0.2, 0.25) is 5.91 Å². The zero-order chi connectivity index (χ0) is 20.1. The quantitative estimate of drug-likeness (QED) is 0.281. The Morgan fingerprint density at radius 3 is 2.76 bits per heavy atom. The van der Waals surface area contributed by atoms with E-state index in [1.807, 2.05) is 4.90 Å². The Hall–Kier alpha value is -2.44. The molecule has 29 heavy (non-hydrogen) atoms. The van der Waals surface area contributed by atoms with E-state index in [4.69, 9.17) is 4.74 Å². The molecule has 0 bridgehead atoms. The highest BCUT2D eigenvalue weighted by Gasteiger charge is 2.27. The molecule has 0 atom stereocenters. The molecule has 1 aromatic heterocycles. The molecule has 1 aliphatic rings. The lowest BCUT2D eigenvalue weighted by molar-refractivity contribution is -0.120. The van der Waals surface area contributed by atoms with Crippen molar-refractivity contribution >= 4 is 41.5 Å². The maximum absolute atomic E-state index is 13.5. The number of guanidine groups is 1. The van der Waals surface area contributed by atoms with Crippen LogP contribution in [0, 0.1) is 11.6 Å². The minimum Gasteiger partial charge on any atom is -0.489 e. The van der Waals surface area contributed by atoms with E-state index in [0.717, 1.165) is 17.8 Å². The third-order valence-corrected chi connectivity index (χ3v) is 4.27. The van der Waals surface area contributed by atoms with Gasteiger partial charge in [0.05, 0.1) is 18.4 Å². The van der Waals surface area contributed by atoms with Crippen LogP contribution >= 0.6 is 24.0 Å². The van der Waals surface area contributed by atoms with Crippen LogP contribution in [0.15, 0.2) is 35.6 Å². The van der Waals surface area contributed by atoms with Gasteiger partial charge in [-0.15, -0.1) is 24.0 Å². The summed E-state index contributed by atoms with van der Waals surface area (Å²) in [6.45, 7) is 1.81. The number of hydrogen-bond donors (Lipinski definition) is 1. The van der Waals surface area contributed by atoms with Crippen LogP contribution in [0.2, 0.25) is 0 Å². The number of aliphatic imine (C=N–C) groups is 1. The lowest BCUT2D eigenvalue weighted by Gasteiger charge is -2.35. The van der Waals surface area contributed by atoms with Crippen LogP contribution in [0.5, 0.6) is 5.75 Å². The first kappa shape index (κ1) is 22.8. The molecule has 158 valence electrons. The van der Waals surface area contributed by atoms with Gasteiger partial charge < -0.3 is 19.9 Å². The van der Waals surface area contributed by atoms with Crippen LogP contribution < -0.4 is 15.0 Å².